The Labute approximate surface area is 186 Å². The van der Waals surface area contributed by atoms with Gasteiger partial charge < -0.3 is 5.32 Å². The summed E-state index contributed by atoms with van der Waals surface area (Å²) in [6, 6.07) is -1.16. The Morgan fingerprint density at radius 1 is 1.19 bits per heavy atom. The van der Waals surface area contributed by atoms with Crippen LogP contribution in [0.4, 0.5) is 9.59 Å². The number of carbonyl (C=O) groups excluding carboxylic acids is 3. The third-order valence-corrected chi connectivity index (χ3v) is 9.42. The number of rotatable bonds is 2. The van der Waals surface area contributed by atoms with Crippen LogP contribution in [0.1, 0.15) is 79.1 Å². The molecule has 3 aliphatic carbocycles. The van der Waals surface area contributed by atoms with Crippen LogP contribution in [0.2, 0.25) is 0 Å². The second kappa shape index (κ2) is 7.93. The Hall–Kier alpha value is -1.85. The zero-order valence-electron chi connectivity index (χ0n) is 19.8. The zero-order valence-corrected chi connectivity index (χ0v) is 19.8. The summed E-state index contributed by atoms with van der Waals surface area (Å²) in [5.74, 6) is 1.63. The van der Waals surface area contributed by atoms with Gasteiger partial charge in [-0.2, -0.15) is 0 Å². The highest BCUT2D eigenvalue weighted by molar-refractivity contribution is 6.06. The molecule has 3 saturated carbocycles. The minimum absolute atomic E-state index is 0.0247. The second-order valence-electron chi connectivity index (χ2n) is 11.1. The molecule has 172 valence electrons. The van der Waals surface area contributed by atoms with Gasteiger partial charge in [-0.15, -0.1) is 0 Å². The van der Waals surface area contributed by atoms with Gasteiger partial charge in [-0.1, -0.05) is 33.3 Å². The number of amides is 5. The molecule has 1 heterocycles. The summed E-state index contributed by atoms with van der Waals surface area (Å²) in [6.45, 7) is 8.61. The van der Waals surface area contributed by atoms with Crippen LogP contribution in [0.25, 0.3) is 0 Å². The first-order valence-electron chi connectivity index (χ1n) is 12.2. The van der Waals surface area contributed by atoms with Crippen molar-refractivity contribution in [1.29, 1.82) is 0 Å². The molecule has 6 heteroatoms. The van der Waals surface area contributed by atoms with E-state index in [4.69, 9.17) is 0 Å². The number of nitrogens with one attached hydrogen (secondary N) is 1. The van der Waals surface area contributed by atoms with E-state index in [0.717, 1.165) is 36.5 Å². The standard InChI is InChI=1S/C25H39N3O3/c1-6-16(2)26-22(30)27(5)23(31)28-20-10-9-17-18-8-7-13-24(18,3)14-11-19(17)25(20,4)15-12-21(28)29/h12,15-20H,6-11,13-14H2,1-5H3,(H,26,30)/t16?,17-,18-,19+,20?,24-,25+/m0/s1. The summed E-state index contributed by atoms with van der Waals surface area (Å²) < 4.78 is 0. The van der Waals surface area contributed by atoms with E-state index in [1.807, 2.05) is 13.8 Å². The van der Waals surface area contributed by atoms with Crippen LogP contribution in [-0.2, 0) is 4.79 Å². The fourth-order valence-electron chi connectivity index (χ4n) is 7.38. The van der Waals surface area contributed by atoms with E-state index < -0.39 is 12.1 Å². The first kappa shape index (κ1) is 22.3. The Morgan fingerprint density at radius 3 is 2.65 bits per heavy atom. The molecular weight excluding hydrogens is 390 g/mol. The molecule has 3 fully saturated rings. The molecule has 4 aliphatic rings. The number of hydrogen-bond acceptors (Lipinski definition) is 3. The Kier molecular flexibility index (Phi) is 5.72. The number of fused-ring (bicyclic) bond motifs is 5. The van der Waals surface area contributed by atoms with Crippen LogP contribution in [0, 0.1) is 28.6 Å². The number of urea groups is 2. The van der Waals surface area contributed by atoms with Gasteiger partial charge in [-0.3, -0.25) is 9.69 Å². The maximum absolute atomic E-state index is 13.3. The quantitative estimate of drug-likeness (QED) is 0.675. The fraction of sp³-hybridized carbons (Fsp3) is 0.800. The molecule has 0 aromatic heterocycles. The van der Waals surface area contributed by atoms with Gasteiger partial charge in [0.15, 0.2) is 0 Å². The molecule has 0 aromatic rings. The first-order chi connectivity index (χ1) is 14.6. The van der Waals surface area contributed by atoms with E-state index >= 15 is 0 Å². The lowest BCUT2D eigenvalue weighted by molar-refractivity contribution is -0.135. The van der Waals surface area contributed by atoms with Gasteiger partial charge >= 0.3 is 12.1 Å². The maximum Gasteiger partial charge on any atom is 0.335 e. The van der Waals surface area contributed by atoms with Crippen molar-refractivity contribution in [3.8, 4) is 0 Å². The SMILES string of the molecule is CCC(C)NC(=O)N(C)C(=O)N1C(=O)C=C[C@@]2(C)C1CC[C@@H]1[C@H]2CC[C@]2(C)CCC[C@@H]12. The molecule has 4 rings (SSSR count). The smallest absolute Gasteiger partial charge is 0.335 e. The molecule has 0 bridgehead atoms. The summed E-state index contributed by atoms with van der Waals surface area (Å²) in [5.41, 5.74) is 0.257. The van der Waals surface area contributed by atoms with E-state index in [1.165, 1.54) is 37.6 Å². The lowest BCUT2D eigenvalue weighted by atomic mass is 9.48. The largest absolute Gasteiger partial charge is 0.335 e. The molecule has 31 heavy (non-hydrogen) atoms. The van der Waals surface area contributed by atoms with E-state index in [1.54, 1.807) is 6.08 Å². The minimum Gasteiger partial charge on any atom is -0.335 e. The molecule has 6 nitrogen and oxygen atoms in total. The second-order valence-corrected chi connectivity index (χ2v) is 11.1. The predicted octanol–water partition coefficient (Wildman–Crippen LogP) is 4.95. The molecule has 5 amide bonds. The van der Waals surface area contributed by atoms with Gasteiger partial charge in [0.2, 0.25) is 0 Å². The third kappa shape index (κ3) is 3.50. The van der Waals surface area contributed by atoms with Crippen molar-refractivity contribution in [3.05, 3.63) is 12.2 Å². The van der Waals surface area contributed by atoms with Gasteiger partial charge in [0.1, 0.15) is 0 Å². The number of carbonyl (C=O) groups is 3. The molecule has 2 unspecified atom stereocenters. The van der Waals surface area contributed by atoms with E-state index in [-0.39, 0.29) is 23.4 Å². The molecule has 0 saturated heterocycles. The monoisotopic (exact) mass is 429 g/mol. The third-order valence-electron chi connectivity index (χ3n) is 9.42. The van der Waals surface area contributed by atoms with Crippen molar-refractivity contribution in [2.24, 2.45) is 28.6 Å². The van der Waals surface area contributed by atoms with E-state index in [0.29, 0.717) is 17.3 Å². The van der Waals surface area contributed by atoms with Crippen LogP contribution in [0.3, 0.4) is 0 Å². The summed E-state index contributed by atoms with van der Waals surface area (Å²) in [6.07, 6.45) is 12.8. The van der Waals surface area contributed by atoms with Crippen LogP contribution >= 0.6 is 0 Å². The Bertz CT molecular complexity index is 795. The average Bonchev–Trinajstić information content (AvgIpc) is 3.14. The highest BCUT2D eigenvalue weighted by Gasteiger charge is 2.59. The van der Waals surface area contributed by atoms with Crippen molar-refractivity contribution in [2.75, 3.05) is 7.05 Å². The van der Waals surface area contributed by atoms with Crippen molar-refractivity contribution in [2.45, 2.75) is 91.1 Å². The maximum atomic E-state index is 13.3. The average molecular weight is 430 g/mol. The van der Waals surface area contributed by atoms with Crippen LogP contribution in [0.15, 0.2) is 12.2 Å². The highest BCUT2D eigenvalue weighted by Crippen LogP contribution is 2.64. The zero-order chi connectivity index (χ0) is 22.6. The van der Waals surface area contributed by atoms with Gasteiger partial charge in [-0.25, -0.2) is 14.5 Å². The van der Waals surface area contributed by atoms with Crippen molar-refractivity contribution >= 4 is 18.0 Å². The molecule has 1 aliphatic heterocycles. The van der Waals surface area contributed by atoms with Gasteiger partial charge in [0, 0.05) is 24.6 Å². The predicted molar refractivity (Wildman–Crippen MR) is 120 cm³/mol. The summed E-state index contributed by atoms with van der Waals surface area (Å²) in [7, 11) is 1.47. The highest BCUT2D eigenvalue weighted by atomic mass is 16.2. The van der Waals surface area contributed by atoms with E-state index in [9.17, 15) is 14.4 Å². The topological polar surface area (TPSA) is 69.7 Å². The summed E-state index contributed by atoms with van der Waals surface area (Å²) in [5, 5.41) is 2.83. The van der Waals surface area contributed by atoms with Crippen LogP contribution < -0.4 is 5.32 Å². The first-order valence-corrected chi connectivity index (χ1v) is 12.2. The van der Waals surface area contributed by atoms with Crippen molar-refractivity contribution in [1.82, 2.24) is 15.1 Å². The minimum atomic E-state index is -0.508. The van der Waals surface area contributed by atoms with Crippen LogP contribution in [-0.4, -0.2) is 46.9 Å². The molecule has 1 N–H and O–H groups in total. The molecule has 7 atom stereocenters. The number of imide groups is 2. The van der Waals surface area contributed by atoms with Gasteiger partial charge in [0.05, 0.1) is 6.04 Å². The molecule has 0 spiro atoms. The van der Waals surface area contributed by atoms with E-state index in [2.05, 4.69) is 25.2 Å². The number of nitrogens with zero attached hydrogens (tertiary/aromatic N) is 2. The Morgan fingerprint density at radius 2 is 1.94 bits per heavy atom. The van der Waals surface area contributed by atoms with Gasteiger partial charge in [0.25, 0.3) is 5.91 Å². The lowest BCUT2D eigenvalue weighted by Gasteiger charge is -2.59. The van der Waals surface area contributed by atoms with Crippen LogP contribution in [0.5, 0.6) is 0 Å². The lowest BCUT2D eigenvalue weighted by Crippen LogP contribution is -2.64. The molecule has 0 radical (unpaired) electrons. The van der Waals surface area contributed by atoms with Crippen molar-refractivity contribution < 1.29 is 14.4 Å². The molecular formula is C25H39N3O3. The fourth-order valence-corrected chi connectivity index (χ4v) is 7.38. The molecule has 0 aromatic carbocycles. The normalized spacial score (nSPS) is 39.9. The van der Waals surface area contributed by atoms with Gasteiger partial charge in [-0.05, 0) is 75.0 Å². The summed E-state index contributed by atoms with van der Waals surface area (Å²) in [4.78, 5) is 41.3. The van der Waals surface area contributed by atoms with Crippen molar-refractivity contribution in [3.63, 3.8) is 0 Å². The Balaban J connectivity index is 1.58. The summed E-state index contributed by atoms with van der Waals surface area (Å²) >= 11 is 0. The number of hydrogen-bond donors (Lipinski definition) is 1.